The highest BCUT2D eigenvalue weighted by molar-refractivity contribution is 5.63. The highest BCUT2D eigenvalue weighted by Crippen LogP contribution is 2.32. The molecule has 0 atom stereocenters. The van der Waals surface area contributed by atoms with Crippen LogP contribution in [0, 0.1) is 13.8 Å². The summed E-state index contributed by atoms with van der Waals surface area (Å²) >= 11 is 0. The first-order valence-corrected chi connectivity index (χ1v) is 10.2. The average molecular weight is 389 g/mol. The molecule has 5 heteroatoms. The Hall–Kier alpha value is -2.92. The van der Waals surface area contributed by atoms with Crippen LogP contribution in [-0.4, -0.2) is 46.3 Å². The molecule has 0 bridgehead atoms. The van der Waals surface area contributed by atoms with E-state index in [0.29, 0.717) is 5.92 Å². The van der Waals surface area contributed by atoms with Gasteiger partial charge in [-0.3, -0.25) is 9.80 Å². The largest absolute Gasteiger partial charge is 0.281 e. The van der Waals surface area contributed by atoms with E-state index in [1.54, 1.807) is 5.01 Å². The summed E-state index contributed by atoms with van der Waals surface area (Å²) in [5.74, 6) is 0.405. The summed E-state index contributed by atoms with van der Waals surface area (Å²) in [6, 6.07) is 19.4. The normalized spacial score (nSPS) is 15.4. The van der Waals surface area contributed by atoms with E-state index < -0.39 is 0 Å². The molecule has 1 amide bonds. The van der Waals surface area contributed by atoms with E-state index in [0.717, 1.165) is 49.4 Å². The van der Waals surface area contributed by atoms with Crippen LogP contribution >= 0.6 is 0 Å². The Balaban J connectivity index is 1.67. The second kappa shape index (κ2) is 8.21. The summed E-state index contributed by atoms with van der Waals surface area (Å²) in [5, 5.41) is 8.79. The number of hydrogen-bond acceptors (Lipinski definition) is 3. The van der Waals surface area contributed by atoms with Gasteiger partial charge in [0.05, 0.1) is 17.1 Å². The number of hydrazine groups is 1. The Morgan fingerprint density at radius 2 is 1.55 bits per heavy atom. The second-order valence-corrected chi connectivity index (χ2v) is 7.97. The predicted octanol–water partition coefficient (Wildman–Crippen LogP) is 4.34. The van der Waals surface area contributed by atoms with E-state index >= 15 is 0 Å². The van der Waals surface area contributed by atoms with Crippen LogP contribution in [0.15, 0.2) is 54.6 Å². The van der Waals surface area contributed by atoms with E-state index in [-0.39, 0.29) is 0 Å². The molecule has 0 saturated carbocycles. The highest BCUT2D eigenvalue weighted by Gasteiger charge is 2.25. The zero-order valence-corrected chi connectivity index (χ0v) is 17.4. The first kappa shape index (κ1) is 19.4. The van der Waals surface area contributed by atoms with Gasteiger partial charge in [-0.05, 0) is 44.9 Å². The first-order valence-electron chi connectivity index (χ1n) is 10.2. The van der Waals surface area contributed by atoms with Crippen molar-refractivity contribution in [3.8, 4) is 16.9 Å². The maximum atomic E-state index is 11.0. The monoisotopic (exact) mass is 388 g/mol. The maximum Gasteiger partial charge on any atom is 0.223 e. The van der Waals surface area contributed by atoms with Gasteiger partial charge in [0, 0.05) is 31.6 Å². The van der Waals surface area contributed by atoms with Gasteiger partial charge in [-0.1, -0.05) is 47.5 Å². The number of aryl methyl sites for hydroxylation is 2. The summed E-state index contributed by atoms with van der Waals surface area (Å²) in [5.41, 5.74) is 7.00. The van der Waals surface area contributed by atoms with Gasteiger partial charge >= 0.3 is 0 Å². The Kier molecular flexibility index (Phi) is 5.49. The van der Waals surface area contributed by atoms with Crippen molar-refractivity contribution in [1.29, 1.82) is 0 Å². The minimum absolute atomic E-state index is 0.405. The number of nitrogens with zero attached hydrogens (tertiary/aromatic N) is 4. The molecule has 3 aromatic rings. The van der Waals surface area contributed by atoms with Gasteiger partial charge in [0.1, 0.15) is 0 Å². The Bertz CT molecular complexity index is 904. The predicted molar refractivity (Wildman–Crippen MR) is 116 cm³/mol. The van der Waals surface area contributed by atoms with Gasteiger partial charge in [-0.15, -0.1) is 0 Å². The fraction of sp³-hybridized carbons (Fsp3) is 0.333. The number of piperidine rings is 1. The van der Waals surface area contributed by atoms with Crippen LogP contribution in [0.3, 0.4) is 0 Å². The first-order chi connectivity index (χ1) is 14.0. The molecule has 0 aliphatic carbocycles. The quantitative estimate of drug-likeness (QED) is 0.611. The molecular formula is C24H28N4O. The van der Waals surface area contributed by atoms with E-state index in [1.165, 1.54) is 16.7 Å². The van der Waals surface area contributed by atoms with Crippen LogP contribution in [0.25, 0.3) is 16.9 Å². The lowest BCUT2D eigenvalue weighted by Crippen LogP contribution is -2.43. The number of carbonyl (C=O) groups is 1. The summed E-state index contributed by atoms with van der Waals surface area (Å²) in [6.07, 6.45) is 2.87. The van der Waals surface area contributed by atoms with Crippen LogP contribution in [0.5, 0.6) is 0 Å². The van der Waals surface area contributed by atoms with Crippen molar-refractivity contribution in [2.75, 3.05) is 20.1 Å². The molecule has 1 saturated heterocycles. The summed E-state index contributed by atoms with van der Waals surface area (Å²) < 4.78 is 2.07. The van der Waals surface area contributed by atoms with E-state index in [4.69, 9.17) is 5.10 Å². The number of aromatic nitrogens is 2. The topological polar surface area (TPSA) is 41.4 Å². The molecule has 1 aliphatic rings. The molecule has 150 valence electrons. The van der Waals surface area contributed by atoms with E-state index in [1.807, 2.05) is 7.05 Å². The third kappa shape index (κ3) is 4.10. The lowest BCUT2D eigenvalue weighted by Gasteiger charge is -2.35. The minimum atomic E-state index is 0.405. The molecule has 2 heterocycles. The van der Waals surface area contributed by atoms with Crippen molar-refractivity contribution in [2.24, 2.45) is 0 Å². The van der Waals surface area contributed by atoms with Crippen molar-refractivity contribution >= 4 is 6.41 Å². The van der Waals surface area contributed by atoms with Gasteiger partial charge in [0.2, 0.25) is 6.41 Å². The van der Waals surface area contributed by atoms with Gasteiger partial charge in [0.25, 0.3) is 0 Å². The minimum Gasteiger partial charge on any atom is -0.281 e. The van der Waals surface area contributed by atoms with Gasteiger partial charge in [-0.2, -0.15) is 5.10 Å². The Labute approximate surface area is 172 Å². The Morgan fingerprint density at radius 1 is 0.966 bits per heavy atom. The van der Waals surface area contributed by atoms with Crippen LogP contribution in [0.1, 0.15) is 35.6 Å². The molecule has 0 radical (unpaired) electrons. The molecule has 29 heavy (non-hydrogen) atoms. The van der Waals surface area contributed by atoms with E-state index in [2.05, 4.69) is 78.1 Å². The van der Waals surface area contributed by atoms with Crippen LogP contribution in [0.4, 0.5) is 0 Å². The highest BCUT2D eigenvalue weighted by atomic mass is 16.1. The van der Waals surface area contributed by atoms with Crippen molar-refractivity contribution in [2.45, 2.75) is 32.6 Å². The number of carbonyl (C=O) groups excluding carboxylic acids is 1. The molecule has 1 aliphatic heterocycles. The molecule has 2 aromatic carbocycles. The summed E-state index contributed by atoms with van der Waals surface area (Å²) in [6.45, 7) is 5.95. The zero-order valence-electron chi connectivity index (χ0n) is 17.4. The maximum absolute atomic E-state index is 11.0. The van der Waals surface area contributed by atoms with Crippen molar-refractivity contribution in [3.63, 3.8) is 0 Å². The van der Waals surface area contributed by atoms with E-state index in [9.17, 15) is 4.79 Å². The van der Waals surface area contributed by atoms with Crippen molar-refractivity contribution in [1.82, 2.24) is 19.8 Å². The SMILES string of the molecule is Cc1ccc(-c2cc(C3CCN(N(C)C=O)CC3)nn2-c2ccc(C)cc2)cc1. The third-order valence-electron chi connectivity index (χ3n) is 5.84. The lowest BCUT2D eigenvalue weighted by atomic mass is 9.94. The summed E-state index contributed by atoms with van der Waals surface area (Å²) in [4.78, 5) is 11.0. The Morgan fingerprint density at radius 3 is 2.14 bits per heavy atom. The lowest BCUT2D eigenvalue weighted by molar-refractivity contribution is -0.133. The summed E-state index contributed by atoms with van der Waals surface area (Å²) in [7, 11) is 1.81. The molecular weight excluding hydrogens is 360 g/mol. The fourth-order valence-electron chi connectivity index (χ4n) is 3.96. The van der Waals surface area contributed by atoms with Crippen LogP contribution < -0.4 is 0 Å². The molecule has 0 N–H and O–H groups in total. The average Bonchev–Trinajstić information content (AvgIpc) is 3.20. The standard InChI is InChI=1S/C24H28N4O/c1-18-4-8-21(9-5-18)24-16-23(20-12-14-27(15-13-20)26(3)17-29)25-28(24)22-10-6-19(2)7-11-22/h4-11,16-17,20H,12-15H2,1-3H3. The van der Waals surface area contributed by atoms with Crippen molar-refractivity contribution < 1.29 is 4.79 Å². The molecule has 5 nitrogen and oxygen atoms in total. The van der Waals surface area contributed by atoms with Crippen LogP contribution in [-0.2, 0) is 4.79 Å². The van der Waals surface area contributed by atoms with Gasteiger partial charge < -0.3 is 0 Å². The molecule has 0 unspecified atom stereocenters. The number of hydrogen-bond donors (Lipinski definition) is 0. The smallest absolute Gasteiger partial charge is 0.223 e. The fourth-order valence-corrected chi connectivity index (χ4v) is 3.96. The van der Waals surface area contributed by atoms with Crippen molar-refractivity contribution in [3.05, 3.63) is 71.4 Å². The second-order valence-electron chi connectivity index (χ2n) is 7.97. The molecule has 4 rings (SSSR count). The number of benzene rings is 2. The van der Waals surface area contributed by atoms with Crippen LogP contribution in [0.2, 0.25) is 0 Å². The van der Waals surface area contributed by atoms with Gasteiger partial charge in [0.15, 0.2) is 0 Å². The number of amides is 1. The molecule has 1 fully saturated rings. The molecule has 1 aromatic heterocycles. The third-order valence-corrected chi connectivity index (χ3v) is 5.84. The number of rotatable bonds is 5. The zero-order chi connectivity index (χ0) is 20.4. The molecule has 0 spiro atoms. The van der Waals surface area contributed by atoms with Gasteiger partial charge in [-0.25, -0.2) is 9.69 Å².